The number of nitrogens with zero attached hydrogens (tertiary/aromatic N) is 1. The van der Waals surface area contributed by atoms with Crippen LogP contribution in [0.1, 0.15) is 31.9 Å². The van der Waals surface area contributed by atoms with E-state index in [0.717, 1.165) is 16.9 Å². The molecule has 1 heterocycles. The van der Waals surface area contributed by atoms with Crippen LogP contribution in [0.3, 0.4) is 0 Å². The molecule has 1 aromatic rings. The van der Waals surface area contributed by atoms with Crippen LogP contribution in [0.2, 0.25) is 0 Å². The molecule has 0 radical (unpaired) electrons. The summed E-state index contributed by atoms with van der Waals surface area (Å²) >= 11 is 0. The van der Waals surface area contributed by atoms with Crippen molar-refractivity contribution in [3.8, 4) is 17.6 Å². The first-order valence-corrected chi connectivity index (χ1v) is 6.53. The minimum absolute atomic E-state index is 0.00741. The van der Waals surface area contributed by atoms with Gasteiger partial charge in [-0.1, -0.05) is 13.8 Å². The standard InChI is InChI=1S/C16H19NO3/c1-10(2)16(9-17)13-8-15(19-5)14(18-4)7-12(13)6-11(3)20-16/h6-8,10H,1-5H3. The van der Waals surface area contributed by atoms with Crippen LogP contribution < -0.4 is 9.47 Å². The summed E-state index contributed by atoms with van der Waals surface area (Å²) in [7, 11) is 3.18. The van der Waals surface area contributed by atoms with E-state index < -0.39 is 5.60 Å². The highest BCUT2D eigenvalue weighted by molar-refractivity contribution is 5.65. The van der Waals surface area contributed by atoms with E-state index in [2.05, 4.69) is 6.07 Å². The first-order valence-electron chi connectivity index (χ1n) is 6.53. The summed E-state index contributed by atoms with van der Waals surface area (Å²) in [6.45, 7) is 5.80. The molecule has 1 aliphatic heterocycles. The second kappa shape index (κ2) is 5.09. The number of allylic oxidation sites excluding steroid dienone is 1. The highest BCUT2D eigenvalue weighted by atomic mass is 16.5. The molecule has 20 heavy (non-hydrogen) atoms. The number of benzene rings is 1. The summed E-state index contributed by atoms with van der Waals surface area (Å²) in [6.07, 6.45) is 1.91. The normalized spacial score (nSPS) is 20.6. The molecule has 1 unspecified atom stereocenters. The van der Waals surface area contributed by atoms with E-state index in [0.29, 0.717) is 11.5 Å². The molecule has 2 rings (SSSR count). The molecule has 0 N–H and O–H groups in total. The van der Waals surface area contributed by atoms with Crippen LogP contribution >= 0.6 is 0 Å². The number of methoxy groups -OCH3 is 2. The maximum atomic E-state index is 9.69. The summed E-state index contributed by atoms with van der Waals surface area (Å²) in [5.41, 5.74) is 0.758. The lowest BCUT2D eigenvalue weighted by atomic mass is 9.80. The first kappa shape index (κ1) is 14.3. The zero-order valence-corrected chi connectivity index (χ0v) is 12.5. The Kier molecular flexibility index (Phi) is 3.63. The van der Waals surface area contributed by atoms with Gasteiger partial charge < -0.3 is 14.2 Å². The molecule has 4 nitrogen and oxygen atoms in total. The van der Waals surface area contributed by atoms with Crippen molar-refractivity contribution in [1.29, 1.82) is 5.26 Å². The van der Waals surface area contributed by atoms with Gasteiger partial charge in [0.05, 0.1) is 20.0 Å². The van der Waals surface area contributed by atoms with E-state index >= 15 is 0 Å². The average Bonchev–Trinajstić information content (AvgIpc) is 2.44. The number of rotatable bonds is 3. The highest BCUT2D eigenvalue weighted by Gasteiger charge is 2.43. The molecular formula is C16H19NO3. The minimum atomic E-state index is -0.992. The monoisotopic (exact) mass is 273 g/mol. The molecule has 106 valence electrons. The molecule has 0 fully saturated rings. The predicted molar refractivity (Wildman–Crippen MR) is 76.4 cm³/mol. The molecule has 0 aliphatic carbocycles. The van der Waals surface area contributed by atoms with Crippen LogP contribution in [-0.2, 0) is 10.3 Å². The molecule has 1 atom stereocenters. The Morgan fingerprint density at radius 2 is 1.80 bits per heavy atom. The Morgan fingerprint density at radius 3 is 2.30 bits per heavy atom. The molecular weight excluding hydrogens is 254 g/mol. The quantitative estimate of drug-likeness (QED) is 0.846. The zero-order valence-electron chi connectivity index (χ0n) is 12.5. The fraction of sp³-hybridized carbons (Fsp3) is 0.438. The number of nitriles is 1. The van der Waals surface area contributed by atoms with Crippen molar-refractivity contribution in [2.75, 3.05) is 14.2 Å². The fourth-order valence-electron chi connectivity index (χ4n) is 2.53. The topological polar surface area (TPSA) is 51.5 Å². The molecule has 0 bridgehead atoms. The van der Waals surface area contributed by atoms with Crippen molar-refractivity contribution in [3.05, 3.63) is 29.0 Å². The van der Waals surface area contributed by atoms with Crippen molar-refractivity contribution in [1.82, 2.24) is 0 Å². The van der Waals surface area contributed by atoms with Crippen LogP contribution in [0.4, 0.5) is 0 Å². The lowest BCUT2D eigenvalue weighted by molar-refractivity contribution is 0.00689. The van der Waals surface area contributed by atoms with Crippen molar-refractivity contribution in [2.24, 2.45) is 5.92 Å². The molecule has 1 aromatic carbocycles. The van der Waals surface area contributed by atoms with Crippen molar-refractivity contribution >= 4 is 6.08 Å². The van der Waals surface area contributed by atoms with E-state index in [-0.39, 0.29) is 5.92 Å². The van der Waals surface area contributed by atoms with Crippen LogP contribution in [0.5, 0.6) is 11.5 Å². The third kappa shape index (κ3) is 2.00. The van der Waals surface area contributed by atoms with Crippen molar-refractivity contribution < 1.29 is 14.2 Å². The second-order valence-electron chi connectivity index (χ2n) is 5.15. The van der Waals surface area contributed by atoms with Gasteiger partial charge in [0.2, 0.25) is 5.60 Å². The van der Waals surface area contributed by atoms with Crippen molar-refractivity contribution in [2.45, 2.75) is 26.4 Å². The van der Waals surface area contributed by atoms with Gasteiger partial charge >= 0.3 is 0 Å². The number of hydrogen-bond donors (Lipinski definition) is 0. The van der Waals surface area contributed by atoms with Crippen LogP contribution in [0, 0.1) is 17.2 Å². The third-order valence-electron chi connectivity index (χ3n) is 3.62. The third-order valence-corrected chi connectivity index (χ3v) is 3.62. The van der Waals surface area contributed by atoms with Gasteiger partial charge in [-0.15, -0.1) is 0 Å². The van der Waals surface area contributed by atoms with Gasteiger partial charge in [-0.2, -0.15) is 5.26 Å². The van der Waals surface area contributed by atoms with E-state index in [9.17, 15) is 5.26 Å². The summed E-state index contributed by atoms with van der Waals surface area (Å²) in [5, 5.41) is 9.69. The molecule has 0 spiro atoms. The minimum Gasteiger partial charge on any atom is -0.493 e. The lowest BCUT2D eigenvalue weighted by Gasteiger charge is -2.36. The van der Waals surface area contributed by atoms with E-state index in [1.807, 2.05) is 39.0 Å². The Labute approximate surface area is 119 Å². The summed E-state index contributed by atoms with van der Waals surface area (Å²) < 4.78 is 16.5. The second-order valence-corrected chi connectivity index (χ2v) is 5.15. The summed E-state index contributed by atoms with van der Waals surface area (Å²) in [4.78, 5) is 0. The lowest BCUT2D eigenvalue weighted by Crippen LogP contribution is -2.36. The van der Waals surface area contributed by atoms with Gasteiger partial charge in [-0.25, -0.2) is 0 Å². The van der Waals surface area contributed by atoms with Crippen LogP contribution in [0.15, 0.2) is 17.9 Å². The summed E-state index contributed by atoms with van der Waals surface area (Å²) in [6, 6.07) is 6.05. The van der Waals surface area contributed by atoms with Gasteiger partial charge in [-0.3, -0.25) is 0 Å². The van der Waals surface area contributed by atoms with Gasteiger partial charge in [0.1, 0.15) is 6.07 Å². The Morgan fingerprint density at radius 1 is 1.20 bits per heavy atom. The molecule has 0 aromatic heterocycles. The Balaban J connectivity index is 2.75. The molecule has 0 saturated carbocycles. The van der Waals surface area contributed by atoms with Gasteiger partial charge in [-0.05, 0) is 30.7 Å². The Bertz CT molecular complexity index is 598. The number of hydrogen-bond acceptors (Lipinski definition) is 4. The number of fused-ring (bicyclic) bond motifs is 1. The van der Waals surface area contributed by atoms with E-state index in [4.69, 9.17) is 14.2 Å². The van der Waals surface area contributed by atoms with Gasteiger partial charge in [0, 0.05) is 11.5 Å². The highest BCUT2D eigenvalue weighted by Crippen LogP contribution is 2.45. The SMILES string of the molecule is COc1cc2c(cc1OC)C(C#N)(C(C)C)OC(C)=C2. The van der Waals surface area contributed by atoms with Gasteiger partial charge in [0.15, 0.2) is 11.5 Å². The fourth-order valence-corrected chi connectivity index (χ4v) is 2.53. The zero-order chi connectivity index (χ0) is 14.9. The molecule has 1 aliphatic rings. The molecule has 0 amide bonds. The van der Waals surface area contributed by atoms with Crippen molar-refractivity contribution in [3.63, 3.8) is 0 Å². The predicted octanol–water partition coefficient (Wildman–Crippen LogP) is 3.47. The number of ether oxygens (including phenoxy) is 3. The van der Waals surface area contributed by atoms with E-state index in [1.165, 1.54) is 0 Å². The van der Waals surface area contributed by atoms with E-state index in [1.54, 1.807) is 14.2 Å². The largest absolute Gasteiger partial charge is 0.493 e. The maximum absolute atomic E-state index is 9.69. The van der Waals surface area contributed by atoms with Gasteiger partial charge in [0.25, 0.3) is 0 Å². The van der Waals surface area contributed by atoms with Crippen LogP contribution in [0.25, 0.3) is 6.08 Å². The molecule has 0 saturated heterocycles. The summed E-state index contributed by atoms with van der Waals surface area (Å²) in [5.74, 6) is 1.98. The first-order chi connectivity index (χ1) is 9.48. The van der Waals surface area contributed by atoms with Crippen LogP contribution in [-0.4, -0.2) is 14.2 Å². The smallest absolute Gasteiger partial charge is 0.222 e. The Hall–Kier alpha value is -2.15. The average molecular weight is 273 g/mol. The maximum Gasteiger partial charge on any atom is 0.222 e. The molecule has 4 heteroatoms.